The molecule has 7 nitrogen and oxygen atoms in total. The van der Waals surface area contributed by atoms with Gasteiger partial charge in [0.25, 0.3) is 0 Å². The van der Waals surface area contributed by atoms with Crippen LogP contribution in [0.5, 0.6) is 0 Å². The lowest BCUT2D eigenvalue weighted by molar-refractivity contribution is -0.131. The number of hydrogen-bond acceptors (Lipinski definition) is 4. The predicted molar refractivity (Wildman–Crippen MR) is 111 cm³/mol. The number of rotatable bonds is 7. The first kappa shape index (κ1) is 21.0. The Morgan fingerprint density at radius 3 is 2.21 bits per heavy atom. The zero-order valence-corrected chi connectivity index (χ0v) is 16.6. The van der Waals surface area contributed by atoms with Gasteiger partial charge < -0.3 is 20.9 Å². The fraction of sp³-hybridized carbons (Fsp3) is 0.286. The van der Waals surface area contributed by atoms with Crippen molar-refractivity contribution in [3.8, 4) is 0 Å². The minimum Gasteiger partial charge on any atom is -0.376 e. The van der Waals surface area contributed by atoms with E-state index in [1.165, 1.54) is 11.8 Å². The summed E-state index contributed by atoms with van der Waals surface area (Å²) < 4.78 is 0. The van der Waals surface area contributed by atoms with E-state index in [1.54, 1.807) is 19.2 Å². The van der Waals surface area contributed by atoms with Gasteiger partial charge in [0.2, 0.25) is 17.7 Å². The number of nitrogens with zero attached hydrogens (tertiary/aromatic N) is 1. The summed E-state index contributed by atoms with van der Waals surface area (Å²) in [6.07, 6.45) is 0. The van der Waals surface area contributed by atoms with Gasteiger partial charge in [0.1, 0.15) is 0 Å². The molecule has 7 heteroatoms. The molecule has 148 valence electrons. The van der Waals surface area contributed by atoms with Crippen molar-refractivity contribution in [3.05, 3.63) is 53.6 Å². The zero-order valence-electron chi connectivity index (χ0n) is 16.6. The standard InChI is InChI=1S/C21H26N4O3/c1-14-8-10-17(11-9-14)24-20(27)13-25(4)21(28)12-22-18-6-5-7-19(15(18)2)23-16(3)26/h5-11,22H,12-13H2,1-4H3,(H,23,26)(H,24,27). The van der Waals surface area contributed by atoms with Crippen LogP contribution >= 0.6 is 0 Å². The highest BCUT2D eigenvalue weighted by molar-refractivity contribution is 5.95. The van der Waals surface area contributed by atoms with Crippen molar-refractivity contribution < 1.29 is 14.4 Å². The second-order valence-electron chi connectivity index (χ2n) is 6.68. The Morgan fingerprint density at radius 2 is 1.57 bits per heavy atom. The number of hydrogen-bond donors (Lipinski definition) is 3. The average molecular weight is 382 g/mol. The predicted octanol–water partition coefficient (Wildman–Crippen LogP) is 2.77. The topological polar surface area (TPSA) is 90.5 Å². The highest BCUT2D eigenvalue weighted by atomic mass is 16.2. The van der Waals surface area contributed by atoms with Crippen molar-refractivity contribution in [2.75, 3.05) is 36.1 Å². The second-order valence-corrected chi connectivity index (χ2v) is 6.68. The number of amides is 3. The molecule has 2 aromatic rings. The Kier molecular flexibility index (Phi) is 7.14. The summed E-state index contributed by atoms with van der Waals surface area (Å²) in [5, 5.41) is 8.58. The van der Waals surface area contributed by atoms with E-state index in [2.05, 4.69) is 16.0 Å². The zero-order chi connectivity index (χ0) is 20.7. The molecule has 3 amide bonds. The Morgan fingerprint density at radius 1 is 0.929 bits per heavy atom. The molecule has 0 heterocycles. The molecule has 0 radical (unpaired) electrons. The molecule has 2 rings (SSSR count). The third kappa shape index (κ3) is 6.12. The van der Waals surface area contributed by atoms with Crippen LogP contribution in [0.25, 0.3) is 0 Å². The van der Waals surface area contributed by atoms with Gasteiger partial charge in [-0.2, -0.15) is 0 Å². The second kappa shape index (κ2) is 9.55. The number of anilines is 3. The molecule has 0 spiro atoms. The number of carbonyl (C=O) groups excluding carboxylic acids is 3. The Labute approximate surface area is 165 Å². The molecular formula is C21H26N4O3. The van der Waals surface area contributed by atoms with Crippen LogP contribution in [0, 0.1) is 13.8 Å². The molecule has 2 aromatic carbocycles. The van der Waals surface area contributed by atoms with Gasteiger partial charge >= 0.3 is 0 Å². The summed E-state index contributed by atoms with van der Waals surface area (Å²) in [5.41, 5.74) is 4.08. The number of carbonyl (C=O) groups is 3. The van der Waals surface area contributed by atoms with E-state index in [1.807, 2.05) is 44.2 Å². The van der Waals surface area contributed by atoms with E-state index in [0.29, 0.717) is 11.4 Å². The van der Waals surface area contributed by atoms with Crippen molar-refractivity contribution in [1.29, 1.82) is 0 Å². The van der Waals surface area contributed by atoms with Gasteiger partial charge in [-0.25, -0.2) is 0 Å². The van der Waals surface area contributed by atoms with Crippen molar-refractivity contribution in [1.82, 2.24) is 4.90 Å². The van der Waals surface area contributed by atoms with Crippen LogP contribution in [0.15, 0.2) is 42.5 Å². The maximum atomic E-state index is 12.3. The third-order valence-electron chi connectivity index (χ3n) is 4.22. The molecule has 0 aliphatic heterocycles. The van der Waals surface area contributed by atoms with Crippen LogP contribution in [0.3, 0.4) is 0 Å². The highest BCUT2D eigenvalue weighted by Gasteiger charge is 2.14. The maximum Gasteiger partial charge on any atom is 0.243 e. The minimum absolute atomic E-state index is 0.0404. The van der Waals surface area contributed by atoms with E-state index in [9.17, 15) is 14.4 Å². The van der Waals surface area contributed by atoms with Gasteiger partial charge in [-0.15, -0.1) is 0 Å². The Balaban J connectivity index is 1.87. The Hall–Kier alpha value is -3.35. The number of aryl methyl sites for hydroxylation is 1. The van der Waals surface area contributed by atoms with Crippen LogP contribution in [0.2, 0.25) is 0 Å². The smallest absolute Gasteiger partial charge is 0.243 e. The van der Waals surface area contributed by atoms with E-state index >= 15 is 0 Å². The number of likely N-dealkylation sites (N-methyl/N-ethyl adjacent to an activating group) is 1. The van der Waals surface area contributed by atoms with Gasteiger partial charge in [0.05, 0.1) is 13.1 Å². The van der Waals surface area contributed by atoms with Crippen LogP contribution in [0.1, 0.15) is 18.1 Å². The maximum absolute atomic E-state index is 12.3. The summed E-state index contributed by atoms with van der Waals surface area (Å²) in [5.74, 6) is -0.637. The van der Waals surface area contributed by atoms with Gasteiger partial charge in [-0.3, -0.25) is 14.4 Å². The SMILES string of the molecule is CC(=O)Nc1cccc(NCC(=O)N(C)CC(=O)Nc2ccc(C)cc2)c1C. The molecule has 0 aliphatic rings. The fourth-order valence-corrected chi connectivity index (χ4v) is 2.60. The normalized spacial score (nSPS) is 10.1. The van der Waals surface area contributed by atoms with Crippen molar-refractivity contribution in [2.24, 2.45) is 0 Å². The third-order valence-corrected chi connectivity index (χ3v) is 4.22. The quantitative estimate of drug-likeness (QED) is 0.687. The molecule has 0 atom stereocenters. The fourth-order valence-electron chi connectivity index (χ4n) is 2.60. The van der Waals surface area contributed by atoms with Gasteiger partial charge in [-0.1, -0.05) is 23.8 Å². The summed E-state index contributed by atoms with van der Waals surface area (Å²) in [7, 11) is 1.58. The molecule has 0 saturated heterocycles. The summed E-state index contributed by atoms with van der Waals surface area (Å²) in [4.78, 5) is 37.1. The van der Waals surface area contributed by atoms with Crippen molar-refractivity contribution >= 4 is 34.8 Å². The summed E-state index contributed by atoms with van der Waals surface area (Å²) in [6, 6.07) is 12.9. The summed E-state index contributed by atoms with van der Waals surface area (Å²) in [6.45, 7) is 5.27. The lowest BCUT2D eigenvalue weighted by atomic mass is 10.1. The van der Waals surface area contributed by atoms with E-state index < -0.39 is 0 Å². The molecule has 0 bridgehead atoms. The summed E-state index contributed by atoms with van der Waals surface area (Å²) >= 11 is 0. The molecule has 28 heavy (non-hydrogen) atoms. The number of benzene rings is 2. The van der Waals surface area contributed by atoms with E-state index in [0.717, 1.165) is 16.8 Å². The molecule has 0 unspecified atom stereocenters. The molecule has 0 saturated carbocycles. The van der Waals surface area contributed by atoms with Crippen molar-refractivity contribution in [3.63, 3.8) is 0 Å². The molecule has 0 aromatic heterocycles. The van der Waals surface area contributed by atoms with Crippen LogP contribution in [-0.2, 0) is 14.4 Å². The van der Waals surface area contributed by atoms with E-state index in [-0.39, 0.29) is 30.8 Å². The minimum atomic E-state index is -0.261. The monoisotopic (exact) mass is 382 g/mol. The van der Waals surface area contributed by atoms with Gasteiger partial charge in [0, 0.05) is 31.0 Å². The first-order valence-electron chi connectivity index (χ1n) is 8.98. The average Bonchev–Trinajstić information content (AvgIpc) is 2.63. The molecule has 0 aliphatic carbocycles. The largest absolute Gasteiger partial charge is 0.376 e. The number of nitrogens with one attached hydrogen (secondary N) is 3. The van der Waals surface area contributed by atoms with Crippen LogP contribution in [-0.4, -0.2) is 42.8 Å². The first-order chi connectivity index (χ1) is 13.3. The first-order valence-corrected chi connectivity index (χ1v) is 8.98. The highest BCUT2D eigenvalue weighted by Crippen LogP contribution is 2.23. The Bertz CT molecular complexity index is 862. The van der Waals surface area contributed by atoms with Crippen LogP contribution < -0.4 is 16.0 Å². The molecular weight excluding hydrogens is 356 g/mol. The molecule has 0 fully saturated rings. The van der Waals surface area contributed by atoms with Gasteiger partial charge in [-0.05, 0) is 43.7 Å². The van der Waals surface area contributed by atoms with E-state index in [4.69, 9.17) is 0 Å². The van der Waals surface area contributed by atoms with Gasteiger partial charge in [0.15, 0.2) is 0 Å². The molecule has 3 N–H and O–H groups in total. The van der Waals surface area contributed by atoms with Crippen molar-refractivity contribution in [2.45, 2.75) is 20.8 Å². The lowest BCUT2D eigenvalue weighted by Gasteiger charge is -2.19. The van der Waals surface area contributed by atoms with Crippen LogP contribution in [0.4, 0.5) is 17.1 Å². The lowest BCUT2D eigenvalue weighted by Crippen LogP contribution is -2.38.